The third-order valence-corrected chi connectivity index (χ3v) is 1.80. The van der Waals surface area contributed by atoms with Gasteiger partial charge in [-0.25, -0.2) is 0 Å². The highest BCUT2D eigenvalue weighted by molar-refractivity contribution is 9.10. The minimum absolute atomic E-state index is 0.125. The molecule has 1 heterocycles. The van der Waals surface area contributed by atoms with Crippen molar-refractivity contribution in [1.29, 1.82) is 0 Å². The molecule has 0 aliphatic rings. The number of pyridine rings is 1. The first-order chi connectivity index (χ1) is 5.24. The number of hydrogen-bond acceptors (Lipinski definition) is 2. The van der Waals surface area contributed by atoms with Gasteiger partial charge in [0.15, 0.2) is 0 Å². The molecule has 0 fully saturated rings. The Kier molecular flexibility index (Phi) is 2.79. The van der Waals surface area contributed by atoms with E-state index in [1.54, 1.807) is 18.5 Å². The van der Waals surface area contributed by atoms with Gasteiger partial charge in [0.2, 0.25) is 0 Å². The molecule has 0 amide bonds. The number of halogens is 1. The zero-order chi connectivity index (χ0) is 8.27. The third kappa shape index (κ3) is 2.13. The normalized spacial score (nSPS) is 12.5. The number of nitrogens with zero attached hydrogens (tertiary/aromatic N) is 1. The van der Waals surface area contributed by atoms with Crippen LogP contribution in [0.1, 0.15) is 11.6 Å². The lowest BCUT2D eigenvalue weighted by molar-refractivity contribution is 0.902. The van der Waals surface area contributed by atoms with Crippen LogP contribution < -0.4 is 5.73 Å². The molecular weight excluding hydrogens is 204 g/mol. The Morgan fingerprint density at radius 2 is 2.36 bits per heavy atom. The molecule has 2 nitrogen and oxygen atoms in total. The van der Waals surface area contributed by atoms with Gasteiger partial charge < -0.3 is 5.73 Å². The summed E-state index contributed by atoms with van der Waals surface area (Å²) in [5.41, 5.74) is 6.65. The SMILES string of the molecule is C=C[C@H](N)c1cncc(Br)c1. The van der Waals surface area contributed by atoms with E-state index in [0.717, 1.165) is 10.0 Å². The molecule has 0 unspecified atom stereocenters. The van der Waals surface area contributed by atoms with Crippen molar-refractivity contribution in [2.45, 2.75) is 6.04 Å². The average molecular weight is 213 g/mol. The first kappa shape index (κ1) is 8.43. The lowest BCUT2D eigenvalue weighted by atomic mass is 10.1. The van der Waals surface area contributed by atoms with Crippen LogP contribution in [0.25, 0.3) is 0 Å². The third-order valence-electron chi connectivity index (χ3n) is 1.36. The van der Waals surface area contributed by atoms with Crippen LogP contribution in [0.15, 0.2) is 35.6 Å². The smallest absolute Gasteiger partial charge is 0.0494 e. The van der Waals surface area contributed by atoms with Gasteiger partial charge in [0.1, 0.15) is 0 Å². The molecule has 0 aliphatic heterocycles. The van der Waals surface area contributed by atoms with Crippen molar-refractivity contribution in [1.82, 2.24) is 4.98 Å². The number of aromatic nitrogens is 1. The van der Waals surface area contributed by atoms with Crippen molar-refractivity contribution in [3.05, 3.63) is 41.2 Å². The molecule has 2 N–H and O–H groups in total. The topological polar surface area (TPSA) is 38.9 Å². The van der Waals surface area contributed by atoms with Crippen LogP contribution in [0.5, 0.6) is 0 Å². The van der Waals surface area contributed by atoms with Crippen LogP contribution in [0, 0.1) is 0 Å². The molecule has 1 atom stereocenters. The van der Waals surface area contributed by atoms with Gasteiger partial charge in [-0.1, -0.05) is 6.08 Å². The molecule has 1 rings (SSSR count). The standard InChI is InChI=1S/C8H9BrN2/c1-2-8(10)6-3-7(9)5-11-4-6/h2-5,8H,1,10H2/t8-/m0/s1. The first-order valence-corrected chi connectivity index (χ1v) is 4.02. The van der Waals surface area contributed by atoms with Crippen molar-refractivity contribution in [3.8, 4) is 0 Å². The molecule has 0 aromatic carbocycles. The summed E-state index contributed by atoms with van der Waals surface area (Å²) in [6, 6.07) is 1.80. The predicted octanol–water partition coefficient (Wildman–Crippen LogP) is 2.03. The van der Waals surface area contributed by atoms with Crippen LogP contribution in [0.4, 0.5) is 0 Å². The maximum absolute atomic E-state index is 5.68. The molecule has 0 aliphatic carbocycles. The maximum atomic E-state index is 5.68. The molecule has 1 aromatic heterocycles. The summed E-state index contributed by atoms with van der Waals surface area (Å²) in [4.78, 5) is 3.98. The summed E-state index contributed by atoms with van der Waals surface area (Å²) >= 11 is 3.31. The van der Waals surface area contributed by atoms with Crippen LogP contribution in [0.3, 0.4) is 0 Å². The van der Waals surface area contributed by atoms with Crippen molar-refractivity contribution < 1.29 is 0 Å². The molecule has 1 aromatic rings. The molecule has 3 heteroatoms. The maximum Gasteiger partial charge on any atom is 0.0494 e. The first-order valence-electron chi connectivity index (χ1n) is 3.22. The lowest BCUT2D eigenvalue weighted by Crippen LogP contribution is -2.06. The summed E-state index contributed by atoms with van der Waals surface area (Å²) in [6.45, 7) is 3.60. The second kappa shape index (κ2) is 3.64. The summed E-state index contributed by atoms with van der Waals surface area (Å²) in [5.74, 6) is 0. The van der Waals surface area contributed by atoms with E-state index < -0.39 is 0 Å². The van der Waals surface area contributed by atoms with Gasteiger partial charge in [-0.2, -0.15) is 0 Å². The summed E-state index contributed by atoms with van der Waals surface area (Å²) in [7, 11) is 0. The van der Waals surface area contributed by atoms with E-state index >= 15 is 0 Å². The van der Waals surface area contributed by atoms with Gasteiger partial charge in [-0.3, -0.25) is 4.98 Å². The minimum Gasteiger partial charge on any atom is -0.321 e. The Bertz CT molecular complexity index is 260. The fourth-order valence-electron chi connectivity index (χ4n) is 0.747. The second-order valence-corrected chi connectivity index (χ2v) is 3.11. The highest BCUT2D eigenvalue weighted by atomic mass is 79.9. The molecule has 0 saturated carbocycles. The number of nitrogens with two attached hydrogens (primary N) is 1. The Morgan fingerprint density at radius 1 is 1.64 bits per heavy atom. The van der Waals surface area contributed by atoms with Crippen LogP contribution in [0.2, 0.25) is 0 Å². The summed E-state index contributed by atoms with van der Waals surface area (Å²) < 4.78 is 0.937. The van der Waals surface area contributed by atoms with Gasteiger partial charge in [0.25, 0.3) is 0 Å². The predicted molar refractivity (Wildman–Crippen MR) is 49.1 cm³/mol. The zero-order valence-corrected chi connectivity index (χ0v) is 7.58. The molecule has 58 valence electrons. The van der Waals surface area contributed by atoms with E-state index in [4.69, 9.17) is 5.73 Å². The van der Waals surface area contributed by atoms with Crippen molar-refractivity contribution in [2.24, 2.45) is 5.73 Å². The molecule has 0 spiro atoms. The zero-order valence-electron chi connectivity index (χ0n) is 6.00. The summed E-state index contributed by atoms with van der Waals surface area (Å²) in [5, 5.41) is 0. The largest absolute Gasteiger partial charge is 0.321 e. The van der Waals surface area contributed by atoms with E-state index in [0.29, 0.717) is 0 Å². The highest BCUT2D eigenvalue weighted by Crippen LogP contribution is 2.14. The quantitative estimate of drug-likeness (QED) is 0.763. The molecule has 0 saturated heterocycles. The molecule has 0 radical (unpaired) electrons. The number of rotatable bonds is 2. The summed E-state index contributed by atoms with van der Waals surface area (Å²) in [6.07, 6.45) is 5.14. The Morgan fingerprint density at radius 3 is 2.91 bits per heavy atom. The Labute approximate surface area is 74.3 Å². The monoisotopic (exact) mass is 212 g/mol. The Hall–Kier alpha value is -0.670. The fourth-order valence-corrected chi connectivity index (χ4v) is 1.13. The van der Waals surface area contributed by atoms with E-state index in [1.807, 2.05) is 6.07 Å². The van der Waals surface area contributed by atoms with Crippen molar-refractivity contribution in [2.75, 3.05) is 0 Å². The van der Waals surface area contributed by atoms with E-state index in [2.05, 4.69) is 27.5 Å². The second-order valence-electron chi connectivity index (χ2n) is 2.20. The minimum atomic E-state index is -0.125. The molecule has 11 heavy (non-hydrogen) atoms. The van der Waals surface area contributed by atoms with Crippen LogP contribution in [-0.2, 0) is 0 Å². The van der Waals surface area contributed by atoms with Gasteiger partial charge in [-0.05, 0) is 27.6 Å². The lowest BCUT2D eigenvalue weighted by Gasteiger charge is -2.04. The van der Waals surface area contributed by atoms with Gasteiger partial charge >= 0.3 is 0 Å². The van der Waals surface area contributed by atoms with Gasteiger partial charge in [-0.15, -0.1) is 6.58 Å². The average Bonchev–Trinajstić information content (AvgIpc) is 2.03. The highest BCUT2D eigenvalue weighted by Gasteiger charge is 2.00. The van der Waals surface area contributed by atoms with Gasteiger partial charge in [0.05, 0.1) is 0 Å². The Balaban J connectivity index is 2.95. The van der Waals surface area contributed by atoms with E-state index in [9.17, 15) is 0 Å². The fraction of sp³-hybridized carbons (Fsp3) is 0.125. The van der Waals surface area contributed by atoms with Crippen molar-refractivity contribution in [3.63, 3.8) is 0 Å². The molecule has 0 bridgehead atoms. The van der Waals surface area contributed by atoms with Crippen LogP contribution in [-0.4, -0.2) is 4.98 Å². The van der Waals surface area contributed by atoms with Gasteiger partial charge in [0, 0.05) is 22.9 Å². The molecular formula is C8H9BrN2. The number of hydrogen-bond donors (Lipinski definition) is 1. The van der Waals surface area contributed by atoms with Crippen LogP contribution >= 0.6 is 15.9 Å². The van der Waals surface area contributed by atoms with E-state index in [-0.39, 0.29) is 6.04 Å². The van der Waals surface area contributed by atoms with E-state index in [1.165, 1.54) is 0 Å². The van der Waals surface area contributed by atoms with Crippen molar-refractivity contribution >= 4 is 15.9 Å².